The number of carbonyl (C=O) groups is 1. The van der Waals surface area contributed by atoms with E-state index in [1.807, 2.05) is 6.07 Å². The van der Waals surface area contributed by atoms with Crippen molar-refractivity contribution in [2.45, 2.75) is 38.1 Å². The van der Waals surface area contributed by atoms with Crippen molar-refractivity contribution in [3.8, 4) is 0 Å². The van der Waals surface area contributed by atoms with Crippen molar-refractivity contribution >= 4 is 26.8 Å². The summed E-state index contributed by atoms with van der Waals surface area (Å²) in [4.78, 5) is 19.1. The van der Waals surface area contributed by atoms with E-state index in [0.29, 0.717) is 34.7 Å². The summed E-state index contributed by atoms with van der Waals surface area (Å²) in [6, 6.07) is 1.54. The van der Waals surface area contributed by atoms with E-state index in [1.165, 1.54) is 0 Å². The Bertz CT molecular complexity index is 930. The lowest BCUT2D eigenvalue weighted by atomic mass is 10.1. The third-order valence-electron chi connectivity index (χ3n) is 4.94. The normalized spacial score (nSPS) is 22.8. The topological polar surface area (TPSA) is 93.4 Å². The Morgan fingerprint density at radius 1 is 1.33 bits per heavy atom. The second-order valence-corrected chi connectivity index (χ2v) is 9.02. The van der Waals surface area contributed by atoms with Gasteiger partial charge in [-0.25, -0.2) is 13.4 Å². The molecule has 0 radical (unpaired) electrons. The first-order chi connectivity index (χ1) is 11.4. The number of sulfone groups is 1. The molecule has 0 N–H and O–H groups in total. The molecule has 7 nitrogen and oxygen atoms in total. The highest BCUT2D eigenvalue weighted by molar-refractivity contribution is 7.91. The van der Waals surface area contributed by atoms with Crippen molar-refractivity contribution in [2.24, 2.45) is 0 Å². The molecule has 128 valence electrons. The van der Waals surface area contributed by atoms with E-state index in [1.54, 1.807) is 18.9 Å². The van der Waals surface area contributed by atoms with Crippen molar-refractivity contribution < 1.29 is 17.7 Å². The fourth-order valence-electron chi connectivity index (χ4n) is 3.31. The summed E-state index contributed by atoms with van der Waals surface area (Å²) >= 11 is 0. The average Bonchev–Trinajstić information content (AvgIpc) is 3.25. The molecule has 1 atom stereocenters. The monoisotopic (exact) mass is 349 g/mol. The van der Waals surface area contributed by atoms with E-state index in [-0.39, 0.29) is 23.5 Å². The van der Waals surface area contributed by atoms with Crippen LogP contribution in [0.1, 0.15) is 46.9 Å². The summed E-state index contributed by atoms with van der Waals surface area (Å²) in [5.74, 6) is 0.351. The minimum atomic E-state index is -3.04. The van der Waals surface area contributed by atoms with Gasteiger partial charge >= 0.3 is 0 Å². The molecule has 1 saturated carbocycles. The van der Waals surface area contributed by atoms with E-state index in [9.17, 15) is 13.2 Å². The van der Waals surface area contributed by atoms with Gasteiger partial charge in [-0.15, -0.1) is 0 Å². The van der Waals surface area contributed by atoms with Gasteiger partial charge in [-0.05, 0) is 32.3 Å². The first kappa shape index (κ1) is 15.6. The molecule has 1 aliphatic heterocycles. The molecule has 2 aromatic rings. The van der Waals surface area contributed by atoms with Gasteiger partial charge in [-0.3, -0.25) is 4.79 Å². The van der Waals surface area contributed by atoms with Crippen LogP contribution >= 0.6 is 0 Å². The van der Waals surface area contributed by atoms with Crippen LogP contribution in [0.3, 0.4) is 0 Å². The van der Waals surface area contributed by atoms with Crippen molar-refractivity contribution in [1.29, 1.82) is 0 Å². The number of aryl methyl sites for hydroxylation is 1. The fraction of sp³-hybridized carbons (Fsp3) is 0.562. The Morgan fingerprint density at radius 3 is 2.71 bits per heavy atom. The highest BCUT2D eigenvalue weighted by atomic mass is 32.2. The molecule has 24 heavy (non-hydrogen) atoms. The highest BCUT2D eigenvalue weighted by Crippen LogP contribution is 2.40. The first-order valence-corrected chi connectivity index (χ1v) is 9.92. The van der Waals surface area contributed by atoms with Gasteiger partial charge in [0.05, 0.1) is 28.1 Å². The van der Waals surface area contributed by atoms with Crippen LogP contribution in [0.5, 0.6) is 0 Å². The Kier molecular flexibility index (Phi) is 3.42. The average molecular weight is 349 g/mol. The number of hydrogen-bond donors (Lipinski definition) is 0. The van der Waals surface area contributed by atoms with Gasteiger partial charge in [0.25, 0.3) is 11.6 Å². The SMILES string of the molecule is Cc1noc2nc(C3CC3)cc(C(=O)N(C)[C@@H]3CCS(=O)(=O)C3)c12. The zero-order chi connectivity index (χ0) is 17.1. The molecule has 0 spiro atoms. The van der Waals surface area contributed by atoms with Crippen LogP contribution in [0, 0.1) is 6.92 Å². The standard InChI is InChI=1S/C16H19N3O4S/c1-9-14-12(7-13(10-3-4-10)17-15(14)23-18-9)16(20)19(2)11-5-6-24(21,22)8-11/h7,10-11H,3-6,8H2,1-2H3/t11-/m1/s1. The maximum absolute atomic E-state index is 13.0. The maximum atomic E-state index is 13.0. The van der Waals surface area contributed by atoms with Crippen molar-refractivity contribution in [1.82, 2.24) is 15.0 Å². The van der Waals surface area contributed by atoms with Crippen LogP contribution in [-0.2, 0) is 9.84 Å². The fourth-order valence-corrected chi connectivity index (χ4v) is 5.08. The van der Waals surface area contributed by atoms with E-state index >= 15 is 0 Å². The first-order valence-electron chi connectivity index (χ1n) is 8.10. The van der Waals surface area contributed by atoms with Crippen LogP contribution in [0.25, 0.3) is 11.1 Å². The Balaban J connectivity index is 1.74. The zero-order valence-electron chi connectivity index (χ0n) is 13.7. The summed E-state index contributed by atoms with van der Waals surface area (Å²) in [7, 11) is -1.38. The van der Waals surface area contributed by atoms with Gasteiger partial charge in [0.15, 0.2) is 9.84 Å². The summed E-state index contributed by atoms with van der Waals surface area (Å²) in [5.41, 5.74) is 2.37. The molecule has 0 aromatic carbocycles. The smallest absolute Gasteiger partial charge is 0.259 e. The van der Waals surface area contributed by atoms with Crippen molar-refractivity contribution in [3.63, 3.8) is 0 Å². The largest absolute Gasteiger partial charge is 0.338 e. The Morgan fingerprint density at radius 2 is 2.08 bits per heavy atom. The summed E-state index contributed by atoms with van der Waals surface area (Å²) in [6.07, 6.45) is 2.61. The van der Waals surface area contributed by atoms with Gasteiger partial charge in [-0.2, -0.15) is 0 Å². The van der Waals surface area contributed by atoms with Crippen molar-refractivity contribution in [2.75, 3.05) is 18.6 Å². The maximum Gasteiger partial charge on any atom is 0.259 e. The van der Waals surface area contributed by atoms with Crippen LogP contribution in [-0.4, -0.2) is 54.0 Å². The van der Waals surface area contributed by atoms with Crippen molar-refractivity contribution in [3.05, 3.63) is 23.0 Å². The predicted octanol–water partition coefficient (Wildman–Crippen LogP) is 1.67. The summed E-state index contributed by atoms with van der Waals surface area (Å²) in [5, 5.41) is 4.56. The molecule has 8 heteroatoms. The second-order valence-electron chi connectivity index (χ2n) is 6.79. The molecule has 0 bridgehead atoms. The van der Waals surface area contributed by atoms with Crippen LogP contribution < -0.4 is 0 Å². The van der Waals surface area contributed by atoms with Gasteiger partial charge in [-0.1, -0.05) is 5.16 Å². The minimum Gasteiger partial charge on any atom is -0.338 e. The summed E-state index contributed by atoms with van der Waals surface area (Å²) < 4.78 is 28.7. The number of nitrogens with zero attached hydrogens (tertiary/aromatic N) is 3. The number of rotatable bonds is 3. The lowest BCUT2D eigenvalue weighted by Gasteiger charge is -2.24. The molecule has 0 unspecified atom stereocenters. The Labute approximate surface area is 139 Å². The lowest BCUT2D eigenvalue weighted by Crippen LogP contribution is -2.38. The summed E-state index contributed by atoms with van der Waals surface area (Å²) in [6.45, 7) is 1.78. The number of carbonyl (C=O) groups excluding carboxylic acids is 1. The molecule has 2 aromatic heterocycles. The molecule has 3 heterocycles. The minimum absolute atomic E-state index is 0.0293. The van der Waals surface area contributed by atoms with E-state index < -0.39 is 9.84 Å². The molecule has 2 aliphatic rings. The molecular weight excluding hydrogens is 330 g/mol. The third-order valence-corrected chi connectivity index (χ3v) is 6.69. The number of fused-ring (bicyclic) bond motifs is 1. The zero-order valence-corrected chi connectivity index (χ0v) is 14.5. The van der Waals surface area contributed by atoms with Crippen LogP contribution in [0.15, 0.2) is 10.6 Å². The third kappa shape index (κ3) is 2.58. The van der Waals surface area contributed by atoms with E-state index in [4.69, 9.17) is 4.52 Å². The molecular formula is C16H19N3O4S. The van der Waals surface area contributed by atoms with E-state index in [2.05, 4.69) is 10.1 Å². The molecule has 2 fully saturated rings. The molecule has 1 amide bonds. The number of hydrogen-bond acceptors (Lipinski definition) is 6. The molecule has 1 saturated heterocycles. The van der Waals surface area contributed by atoms with Crippen LogP contribution in [0.2, 0.25) is 0 Å². The molecule has 1 aliphatic carbocycles. The lowest BCUT2D eigenvalue weighted by molar-refractivity contribution is 0.0749. The molecule has 4 rings (SSSR count). The van der Waals surface area contributed by atoms with Gasteiger partial charge in [0.1, 0.15) is 0 Å². The number of aromatic nitrogens is 2. The second kappa shape index (κ2) is 5.27. The quantitative estimate of drug-likeness (QED) is 0.837. The number of pyridine rings is 1. The van der Waals surface area contributed by atoms with Gasteiger partial charge in [0.2, 0.25) is 0 Å². The van der Waals surface area contributed by atoms with Gasteiger partial charge in [0, 0.05) is 24.7 Å². The van der Waals surface area contributed by atoms with Gasteiger partial charge < -0.3 is 9.42 Å². The van der Waals surface area contributed by atoms with E-state index in [0.717, 1.165) is 18.5 Å². The highest BCUT2D eigenvalue weighted by Gasteiger charge is 2.35. The predicted molar refractivity (Wildman–Crippen MR) is 87.7 cm³/mol. The van der Waals surface area contributed by atoms with Crippen LogP contribution in [0.4, 0.5) is 0 Å². The number of amides is 1. The Hall–Kier alpha value is -1.96.